The van der Waals surface area contributed by atoms with E-state index in [1.807, 2.05) is 48.5 Å². The van der Waals surface area contributed by atoms with Gasteiger partial charge in [-0.25, -0.2) is 0 Å². The maximum atomic E-state index is 6.32. The maximum Gasteiger partial charge on any atom is 0.138 e. The van der Waals surface area contributed by atoms with Gasteiger partial charge in [-0.05, 0) is 50.1 Å². The number of halogens is 2. The molecule has 0 unspecified atom stereocenters. The second kappa shape index (κ2) is 12.2. The number of nitrogens with one attached hydrogen (secondary N) is 1. The number of hydrogen-bond acceptors (Lipinski definition) is 3. The minimum absolute atomic E-state index is 0. The van der Waals surface area contributed by atoms with E-state index < -0.39 is 0 Å². The van der Waals surface area contributed by atoms with Gasteiger partial charge in [-0.2, -0.15) is 0 Å². The lowest BCUT2D eigenvalue weighted by molar-refractivity contribution is 0.0770. The van der Waals surface area contributed by atoms with E-state index in [1.54, 1.807) is 0 Å². The Morgan fingerprint density at radius 1 is 1.04 bits per heavy atom. The van der Waals surface area contributed by atoms with Gasteiger partial charge in [0.1, 0.15) is 12.4 Å². The molecule has 3 nitrogen and oxygen atoms in total. The summed E-state index contributed by atoms with van der Waals surface area (Å²) in [4.78, 5) is 0. The van der Waals surface area contributed by atoms with Crippen molar-refractivity contribution >= 4 is 24.0 Å². The molecule has 0 heterocycles. The first-order valence-electron chi connectivity index (χ1n) is 8.42. The lowest BCUT2D eigenvalue weighted by Gasteiger charge is -2.11. The molecule has 1 N–H and O–H groups in total. The molecule has 0 bridgehead atoms. The molecule has 138 valence electrons. The Labute approximate surface area is 162 Å². The molecule has 0 fully saturated rings. The molecule has 25 heavy (non-hydrogen) atoms. The Hall–Kier alpha value is -1.26. The fourth-order valence-corrected chi connectivity index (χ4v) is 2.51. The lowest BCUT2D eigenvalue weighted by atomic mass is 10.2. The molecular formula is C20H27Cl2NO2. The van der Waals surface area contributed by atoms with Crippen LogP contribution >= 0.6 is 24.0 Å². The van der Waals surface area contributed by atoms with E-state index >= 15 is 0 Å². The highest BCUT2D eigenvalue weighted by molar-refractivity contribution is 6.32. The molecule has 0 atom stereocenters. The Morgan fingerprint density at radius 3 is 2.48 bits per heavy atom. The highest BCUT2D eigenvalue weighted by Crippen LogP contribution is 2.26. The first kappa shape index (κ1) is 21.8. The molecule has 0 aliphatic rings. The molecule has 0 spiro atoms. The molecule has 2 aromatic carbocycles. The van der Waals surface area contributed by atoms with E-state index in [2.05, 4.69) is 19.2 Å². The fourth-order valence-electron chi connectivity index (χ4n) is 2.26. The third-order valence-electron chi connectivity index (χ3n) is 3.51. The number of rotatable bonds is 10. The van der Waals surface area contributed by atoms with Crippen molar-refractivity contribution in [3.8, 4) is 5.75 Å². The van der Waals surface area contributed by atoms with Crippen molar-refractivity contribution in [3.63, 3.8) is 0 Å². The van der Waals surface area contributed by atoms with Gasteiger partial charge in [0, 0.05) is 13.2 Å². The Kier molecular flexibility index (Phi) is 10.6. The molecule has 5 heteroatoms. The number of ether oxygens (including phenoxy) is 2. The van der Waals surface area contributed by atoms with Gasteiger partial charge in [0.05, 0.1) is 11.1 Å². The zero-order valence-electron chi connectivity index (χ0n) is 14.8. The van der Waals surface area contributed by atoms with Crippen LogP contribution in [-0.4, -0.2) is 19.3 Å². The Bertz CT molecular complexity index is 606. The predicted octanol–water partition coefficient (Wildman–Crippen LogP) is 5.25. The largest absolute Gasteiger partial charge is 0.487 e. The van der Waals surface area contributed by atoms with Gasteiger partial charge >= 0.3 is 0 Å². The third-order valence-corrected chi connectivity index (χ3v) is 3.81. The van der Waals surface area contributed by atoms with Gasteiger partial charge in [-0.1, -0.05) is 48.0 Å². The monoisotopic (exact) mass is 383 g/mol. The smallest absolute Gasteiger partial charge is 0.138 e. The van der Waals surface area contributed by atoms with Crippen LogP contribution in [0.5, 0.6) is 5.75 Å². The zero-order valence-corrected chi connectivity index (χ0v) is 16.4. The van der Waals surface area contributed by atoms with Crippen molar-refractivity contribution < 1.29 is 9.47 Å². The van der Waals surface area contributed by atoms with Crippen molar-refractivity contribution in [1.82, 2.24) is 5.32 Å². The first-order chi connectivity index (χ1) is 11.6. The van der Waals surface area contributed by atoms with E-state index in [0.717, 1.165) is 43.0 Å². The van der Waals surface area contributed by atoms with Gasteiger partial charge in [0.15, 0.2) is 0 Å². The Balaban J connectivity index is 0.00000312. The van der Waals surface area contributed by atoms with Crippen LogP contribution in [-0.2, 0) is 17.9 Å². The molecule has 0 aromatic heterocycles. The van der Waals surface area contributed by atoms with Crippen molar-refractivity contribution in [2.45, 2.75) is 39.5 Å². The first-order valence-corrected chi connectivity index (χ1v) is 8.80. The summed E-state index contributed by atoms with van der Waals surface area (Å²) in [6.45, 7) is 7.14. The van der Waals surface area contributed by atoms with Crippen LogP contribution in [0.25, 0.3) is 0 Å². The summed E-state index contributed by atoms with van der Waals surface area (Å²) in [7, 11) is 0. The normalized spacial score (nSPS) is 10.6. The third kappa shape index (κ3) is 8.59. The van der Waals surface area contributed by atoms with Crippen LogP contribution < -0.4 is 10.1 Å². The minimum atomic E-state index is 0. The maximum absolute atomic E-state index is 6.32. The summed E-state index contributed by atoms with van der Waals surface area (Å²) in [5, 5.41) is 4.05. The van der Waals surface area contributed by atoms with Gasteiger partial charge < -0.3 is 14.8 Å². The highest BCUT2D eigenvalue weighted by Gasteiger charge is 2.04. The molecule has 0 aliphatic carbocycles. The van der Waals surface area contributed by atoms with Gasteiger partial charge in [-0.3, -0.25) is 0 Å². The van der Waals surface area contributed by atoms with Crippen LogP contribution in [0.2, 0.25) is 5.02 Å². The van der Waals surface area contributed by atoms with E-state index in [-0.39, 0.29) is 12.4 Å². The number of benzene rings is 2. The standard InChI is InChI=1S/C20H26ClNO2.ClH/c1-16(2)23-12-6-11-22-14-18-9-10-20(19(21)13-18)24-15-17-7-4-3-5-8-17;/h3-5,7-10,13,16,22H,6,11-12,14-15H2,1-2H3;1H. The molecule has 0 saturated carbocycles. The van der Waals surface area contributed by atoms with Gasteiger partial charge in [0.25, 0.3) is 0 Å². The topological polar surface area (TPSA) is 30.5 Å². The van der Waals surface area contributed by atoms with Crippen molar-refractivity contribution in [3.05, 3.63) is 64.7 Å². The average Bonchev–Trinajstić information content (AvgIpc) is 2.58. The second-order valence-electron chi connectivity index (χ2n) is 5.99. The average molecular weight is 384 g/mol. The second-order valence-corrected chi connectivity index (χ2v) is 6.40. The van der Waals surface area contributed by atoms with Crippen molar-refractivity contribution in [2.75, 3.05) is 13.2 Å². The fraction of sp³-hybridized carbons (Fsp3) is 0.400. The Morgan fingerprint density at radius 2 is 1.80 bits per heavy atom. The van der Waals surface area contributed by atoms with Crippen LogP contribution in [0.3, 0.4) is 0 Å². The summed E-state index contributed by atoms with van der Waals surface area (Å²) < 4.78 is 11.3. The summed E-state index contributed by atoms with van der Waals surface area (Å²) in [6, 6.07) is 16.0. The zero-order chi connectivity index (χ0) is 17.2. The van der Waals surface area contributed by atoms with Crippen LogP contribution in [0.4, 0.5) is 0 Å². The molecule has 2 aromatic rings. The highest BCUT2D eigenvalue weighted by atomic mass is 35.5. The quantitative estimate of drug-likeness (QED) is 0.568. The molecule has 0 aliphatic heterocycles. The van der Waals surface area contributed by atoms with E-state index in [0.29, 0.717) is 17.7 Å². The summed E-state index contributed by atoms with van der Waals surface area (Å²) in [5.74, 6) is 0.717. The van der Waals surface area contributed by atoms with Gasteiger partial charge in [-0.15, -0.1) is 12.4 Å². The lowest BCUT2D eigenvalue weighted by Crippen LogP contribution is -2.17. The van der Waals surface area contributed by atoms with Crippen molar-refractivity contribution in [1.29, 1.82) is 0 Å². The SMILES string of the molecule is CC(C)OCCCNCc1ccc(OCc2ccccc2)c(Cl)c1.Cl. The van der Waals surface area contributed by atoms with Gasteiger partial charge in [0.2, 0.25) is 0 Å². The summed E-state index contributed by atoms with van der Waals surface area (Å²) >= 11 is 6.32. The van der Waals surface area contributed by atoms with E-state index in [4.69, 9.17) is 21.1 Å². The number of hydrogen-bond donors (Lipinski definition) is 1. The molecule has 0 amide bonds. The van der Waals surface area contributed by atoms with Crippen LogP contribution in [0.15, 0.2) is 48.5 Å². The minimum Gasteiger partial charge on any atom is -0.487 e. The van der Waals surface area contributed by atoms with E-state index in [1.165, 1.54) is 0 Å². The molecule has 0 radical (unpaired) electrons. The molecular weight excluding hydrogens is 357 g/mol. The van der Waals surface area contributed by atoms with Crippen molar-refractivity contribution in [2.24, 2.45) is 0 Å². The summed E-state index contributed by atoms with van der Waals surface area (Å²) in [5.41, 5.74) is 2.28. The molecule has 2 rings (SSSR count). The predicted molar refractivity (Wildman–Crippen MR) is 107 cm³/mol. The molecule has 0 saturated heterocycles. The summed E-state index contributed by atoms with van der Waals surface area (Å²) in [6.07, 6.45) is 1.30. The van der Waals surface area contributed by atoms with E-state index in [9.17, 15) is 0 Å². The van der Waals surface area contributed by atoms with Crippen LogP contribution in [0, 0.1) is 0 Å². The van der Waals surface area contributed by atoms with Crippen LogP contribution in [0.1, 0.15) is 31.4 Å².